The molecule has 0 aromatic heterocycles. The first-order valence-electron chi connectivity index (χ1n) is 6.07. The second kappa shape index (κ2) is 6.06. The van der Waals surface area contributed by atoms with Crippen molar-refractivity contribution in [2.75, 3.05) is 0 Å². The number of amidine groups is 1. The SMILES string of the molecule is Cc1cccc(/C(N)=N/O)c1OCc1ccccc1F. The lowest BCUT2D eigenvalue weighted by Gasteiger charge is -2.13. The molecule has 4 nitrogen and oxygen atoms in total. The third-order valence-corrected chi connectivity index (χ3v) is 2.93. The van der Waals surface area contributed by atoms with Gasteiger partial charge in [-0.15, -0.1) is 0 Å². The summed E-state index contributed by atoms with van der Waals surface area (Å²) in [6, 6.07) is 11.7. The number of para-hydroxylation sites is 1. The third-order valence-electron chi connectivity index (χ3n) is 2.93. The van der Waals surface area contributed by atoms with Crippen LogP contribution in [0.2, 0.25) is 0 Å². The van der Waals surface area contributed by atoms with Gasteiger partial charge in [0.15, 0.2) is 5.84 Å². The van der Waals surface area contributed by atoms with E-state index in [2.05, 4.69) is 5.16 Å². The molecule has 5 heteroatoms. The lowest BCUT2D eigenvalue weighted by molar-refractivity contribution is 0.295. The molecule has 0 unspecified atom stereocenters. The van der Waals surface area contributed by atoms with Crippen LogP contribution in [0.1, 0.15) is 16.7 Å². The van der Waals surface area contributed by atoms with E-state index in [1.165, 1.54) is 6.07 Å². The van der Waals surface area contributed by atoms with E-state index in [0.717, 1.165) is 5.56 Å². The average molecular weight is 274 g/mol. The molecule has 0 saturated heterocycles. The van der Waals surface area contributed by atoms with Crippen LogP contribution >= 0.6 is 0 Å². The van der Waals surface area contributed by atoms with Crippen molar-refractivity contribution in [2.24, 2.45) is 10.9 Å². The van der Waals surface area contributed by atoms with Gasteiger partial charge in [-0.2, -0.15) is 0 Å². The van der Waals surface area contributed by atoms with Gasteiger partial charge in [-0.05, 0) is 24.6 Å². The molecule has 0 aliphatic rings. The van der Waals surface area contributed by atoms with Crippen molar-refractivity contribution in [2.45, 2.75) is 13.5 Å². The van der Waals surface area contributed by atoms with Crippen LogP contribution < -0.4 is 10.5 Å². The van der Waals surface area contributed by atoms with Gasteiger partial charge in [-0.1, -0.05) is 35.5 Å². The Bertz CT molecular complexity index is 642. The standard InChI is InChI=1S/C15H15FN2O2/c1-10-5-4-7-12(15(17)18-19)14(10)20-9-11-6-2-3-8-13(11)16/h2-8,19H,9H2,1H3,(H2,17,18). The molecule has 3 N–H and O–H groups in total. The summed E-state index contributed by atoms with van der Waals surface area (Å²) < 4.78 is 19.2. The van der Waals surface area contributed by atoms with Gasteiger partial charge < -0.3 is 15.7 Å². The molecule has 0 spiro atoms. The number of nitrogens with zero attached hydrogens (tertiary/aromatic N) is 1. The Hall–Kier alpha value is -2.56. The van der Waals surface area contributed by atoms with Crippen LogP contribution in [0.5, 0.6) is 5.75 Å². The Labute approximate surface area is 116 Å². The van der Waals surface area contributed by atoms with E-state index in [1.54, 1.807) is 30.3 Å². The lowest BCUT2D eigenvalue weighted by Crippen LogP contribution is -2.15. The number of halogens is 1. The molecule has 0 radical (unpaired) electrons. The second-order valence-electron chi connectivity index (χ2n) is 4.32. The van der Waals surface area contributed by atoms with Crippen LogP contribution in [0.15, 0.2) is 47.6 Å². The largest absolute Gasteiger partial charge is 0.488 e. The number of aryl methyl sites for hydroxylation is 1. The Morgan fingerprint density at radius 1 is 1.25 bits per heavy atom. The predicted octanol–water partition coefficient (Wildman–Crippen LogP) is 2.81. The molecule has 0 heterocycles. The molecule has 2 rings (SSSR count). The number of nitrogens with two attached hydrogens (primary N) is 1. The van der Waals surface area contributed by atoms with Crippen molar-refractivity contribution in [1.29, 1.82) is 0 Å². The van der Waals surface area contributed by atoms with Gasteiger partial charge in [0, 0.05) is 5.56 Å². The Kier molecular flexibility index (Phi) is 4.20. The van der Waals surface area contributed by atoms with Gasteiger partial charge in [0.1, 0.15) is 18.2 Å². The minimum absolute atomic E-state index is 0.0442. The summed E-state index contributed by atoms with van der Waals surface area (Å²) in [5.41, 5.74) is 7.35. The van der Waals surface area contributed by atoms with Crippen LogP contribution in [0.25, 0.3) is 0 Å². The molecule has 0 atom stereocenters. The van der Waals surface area contributed by atoms with Crippen molar-refractivity contribution >= 4 is 5.84 Å². The molecule has 0 saturated carbocycles. The number of ether oxygens (including phenoxy) is 1. The summed E-state index contributed by atoms with van der Waals surface area (Å²) in [6.07, 6.45) is 0. The maximum atomic E-state index is 13.5. The summed E-state index contributed by atoms with van der Waals surface area (Å²) in [5, 5.41) is 11.8. The Morgan fingerprint density at radius 3 is 2.70 bits per heavy atom. The highest BCUT2D eigenvalue weighted by atomic mass is 19.1. The number of hydrogen-bond acceptors (Lipinski definition) is 3. The van der Waals surface area contributed by atoms with E-state index in [9.17, 15) is 4.39 Å². The van der Waals surface area contributed by atoms with E-state index >= 15 is 0 Å². The molecular formula is C15H15FN2O2. The molecule has 2 aromatic carbocycles. The summed E-state index contributed by atoms with van der Waals surface area (Å²) in [4.78, 5) is 0. The topological polar surface area (TPSA) is 67.8 Å². The zero-order valence-corrected chi connectivity index (χ0v) is 11.0. The Balaban J connectivity index is 2.28. The van der Waals surface area contributed by atoms with Crippen LogP contribution in [0, 0.1) is 12.7 Å². The second-order valence-corrected chi connectivity index (χ2v) is 4.32. The number of hydrogen-bond donors (Lipinski definition) is 2. The van der Waals surface area contributed by atoms with Gasteiger partial charge in [0.25, 0.3) is 0 Å². The fourth-order valence-corrected chi connectivity index (χ4v) is 1.86. The number of rotatable bonds is 4. The molecule has 2 aromatic rings. The zero-order valence-electron chi connectivity index (χ0n) is 11.0. The highest BCUT2D eigenvalue weighted by molar-refractivity contribution is 5.99. The van der Waals surface area contributed by atoms with Crippen molar-refractivity contribution in [1.82, 2.24) is 0 Å². The van der Waals surface area contributed by atoms with E-state index in [1.807, 2.05) is 13.0 Å². The zero-order chi connectivity index (χ0) is 14.5. The smallest absolute Gasteiger partial charge is 0.173 e. The van der Waals surface area contributed by atoms with Crippen LogP contribution in [0.4, 0.5) is 4.39 Å². The van der Waals surface area contributed by atoms with Gasteiger partial charge >= 0.3 is 0 Å². The molecule has 20 heavy (non-hydrogen) atoms. The first-order chi connectivity index (χ1) is 9.63. The maximum Gasteiger partial charge on any atom is 0.173 e. The molecule has 0 aliphatic carbocycles. The summed E-state index contributed by atoms with van der Waals surface area (Å²) in [7, 11) is 0. The number of benzene rings is 2. The summed E-state index contributed by atoms with van der Waals surface area (Å²) >= 11 is 0. The van der Waals surface area contributed by atoms with Crippen LogP contribution in [0.3, 0.4) is 0 Å². The molecule has 0 amide bonds. The van der Waals surface area contributed by atoms with Crippen molar-refractivity contribution < 1.29 is 14.3 Å². The van der Waals surface area contributed by atoms with Crippen molar-refractivity contribution in [3.05, 3.63) is 65.0 Å². The van der Waals surface area contributed by atoms with Crippen molar-refractivity contribution in [3.63, 3.8) is 0 Å². The van der Waals surface area contributed by atoms with Gasteiger partial charge in [0.05, 0.1) is 5.56 Å². The quantitative estimate of drug-likeness (QED) is 0.390. The summed E-state index contributed by atoms with van der Waals surface area (Å²) in [6.45, 7) is 1.91. The minimum Gasteiger partial charge on any atom is -0.488 e. The fraction of sp³-hybridized carbons (Fsp3) is 0.133. The fourth-order valence-electron chi connectivity index (χ4n) is 1.86. The lowest BCUT2D eigenvalue weighted by atomic mass is 10.1. The highest BCUT2D eigenvalue weighted by Crippen LogP contribution is 2.24. The highest BCUT2D eigenvalue weighted by Gasteiger charge is 2.12. The monoisotopic (exact) mass is 274 g/mol. The first kappa shape index (κ1) is 13.9. The maximum absolute atomic E-state index is 13.5. The van der Waals surface area contributed by atoms with Gasteiger partial charge in [0.2, 0.25) is 0 Å². The minimum atomic E-state index is -0.327. The predicted molar refractivity (Wildman–Crippen MR) is 74.4 cm³/mol. The van der Waals surface area contributed by atoms with Crippen LogP contribution in [-0.4, -0.2) is 11.0 Å². The van der Waals surface area contributed by atoms with E-state index in [0.29, 0.717) is 16.9 Å². The van der Waals surface area contributed by atoms with Crippen molar-refractivity contribution in [3.8, 4) is 5.75 Å². The van der Waals surface area contributed by atoms with Gasteiger partial charge in [-0.3, -0.25) is 0 Å². The third kappa shape index (κ3) is 2.88. The van der Waals surface area contributed by atoms with Crippen LogP contribution in [-0.2, 0) is 6.61 Å². The number of oxime groups is 1. The first-order valence-corrected chi connectivity index (χ1v) is 6.07. The molecular weight excluding hydrogens is 259 g/mol. The Morgan fingerprint density at radius 2 is 2.00 bits per heavy atom. The molecule has 0 bridgehead atoms. The van der Waals surface area contributed by atoms with Gasteiger partial charge in [-0.25, -0.2) is 4.39 Å². The van der Waals surface area contributed by atoms with E-state index in [-0.39, 0.29) is 18.3 Å². The molecule has 0 aliphatic heterocycles. The average Bonchev–Trinajstić information content (AvgIpc) is 2.46. The summed E-state index contributed by atoms with van der Waals surface area (Å²) in [5.74, 6) is 0.106. The molecule has 104 valence electrons. The normalized spacial score (nSPS) is 11.4. The van der Waals surface area contributed by atoms with E-state index in [4.69, 9.17) is 15.7 Å². The molecule has 0 fully saturated rings. The van der Waals surface area contributed by atoms with E-state index < -0.39 is 0 Å².